The van der Waals surface area contributed by atoms with Crippen LogP contribution in [0.5, 0.6) is 11.5 Å². The Labute approximate surface area is 255 Å². The van der Waals surface area contributed by atoms with Crippen LogP contribution >= 0.6 is 63.7 Å². The summed E-state index contributed by atoms with van der Waals surface area (Å²) in [7, 11) is 0. The predicted molar refractivity (Wildman–Crippen MR) is 131 cm³/mol. The molecule has 0 saturated carbocycles. The van der Waals surface area contributed by atoms with Crippen molar-refractivity contribution in [1.29, 1.82) is 0 Å². The second kappa shape index (κ2) is 9.15. The molecule has 1 aliphatic carbocycles. The molecule has 11 heteroatoms. The SMILES string of the molecule is O=C1OC2(C3=C(CC(O)(Br)C=C3)Oc3c2cc(Br)c(O)c3Br)c2c(Br)cccc21.[Na].[Na]. The monoisotopic (exact) mass is 692 g/mol. The Hall–Kier alpha value is 0.870. The number of benzene rings is 2. The molecule has 0 amide bonds. The van der Waals surface area contributed by atoms with Gasteiger partial charge in [-0.3, -0.25) is 0 Å². The van der Waals surface area contributed by atoms with Crippen molar-refractivity contribution in [2.75, 3.05) is 0 Å². The Morgan fingerprint density at radius 3 is 2.52 bits per heavy atom. The summed E-state index contributed by atoms with van der Waals surface area (Å²) in [6.45, 7) is 0. The van der Waals surface area contributed by atoms with Crippen LogP contribution in [0.15, 0.2) is 61.2 Å². The Morgan fingerprint density at radius 1 is 1.10 bits per heavy atom. The van der Waals surface area contributed by atoms with Crippen molar-refractivity contribution < 1.29 is 24.5 Å². The van der Waals surface area contributed by atoms with Gasteiger partial charge in [0.25, 0.3) is 0 Å². The van der Waals surface area contributed by atoms with Crippen LogP contribution in [-0.2, 0) is 10.3 Å². The van der Waals surface area contributed by atoms with Crippen LogP contribution in [0.2, 0.25) is 0 Å². The van der Waals surface area contributed by atoms with Gasteiger partial charge in [-0.05, 0) is 72.1 Å². The van der Waals surface area contributed by atoms with Gasteiger partial charge in [-0.15, -0.1) is 0 Å². The van der Waals surface area contributed by atoms with E-state index in [1.807, 2.05) is 6.07 Å². The number of carbonyl (C=O) groups excluding carboxylic acids is 1. The van der Waals surface area contributed by atoms with E-state index < -0.39 is 16.1 Å². The van der Waals surface area contributed by atoms with Crippen molar-refractivity contribution in [2.45, 2.75) is 16.5 Å². The molecule has 2 atom stereocenters. The number of carbonyl (C=O) groups is 1. The third-order valence-electron chi connectivity index (χ3n) is 5.18. The number of hydrogen-bond acceptors (Lipinski definition) is 5. The number of aliphatic hydroxyl groups is 1. The number of rotatable bonds is 0. The molecule has 0 fully saturated rings. The number of phenolic OH excluding ortho intramolecular Hbond substituents is 1. The van der Waals surface area contributed by atoms with E-state index in [9.17, 15) is 15.0 Å². The second-order valence-electron chi connectivity index (χ2n) is 6.90. The Bertz CT molecular complexity index is 1190. The summed E-state index contributed by atoms with van der Waals surface area (Å²) >= 11 is 13.6. The first-order chi connectivity index (χ1) is 13.7. The van der Waals surface area contributed by atoms with Crippen LogP contribution in [0.4, 0.5) is 0 Å². The third-order valence-corrected chi connectivity index (χ3v) is 7.72. The van der Waals surface area contributed by atoms with Crippen LogP contribution < -0.4 is 4.74 Å². The summed E-state index contributed by atoms with van der Waals surface area (Å²) in [5.41, 5.74) is 0.950. The van der Waals surface area contributed by atoms with Crippen molar-refractivity contribution in [1.82, 2.24) is 0 Å². The number of fused-ring (bicyclic) bond motifs is 5. The number of ether oxygens (including phenoxy) is 2. The molecule has 0 saturated heterocycles. The van der Waals surface area contributed by atoms with Gasteiger partial charge >= 0.3 is 5.97 Å². The molecule has 0 aromatic heterocycles. The third kappa shape index (κ3) is 3.93. The minimum absolute atomic E-state index is 0. The molecule has 5 rings (SSSR count). The fraction of sp³-hybridized carbons (Fsp3) is 0.150. The molecule has 2 radical (unpaired) electrons. The van der Waals surface area contributed by atoms with E-state index in [0.29, 0.717) is 47.2 Å². The predicted octanol–water partition coefficient (Wildman–Crippen LogP) is 5.02. The standard InChI is InChI=1S/C20H10Br4O5.2Na/c21-11-3-1-2-8-14(11)20(29-18(8)26)9-4-5-19(24,27)7-13(9)28-17-10(20)6-12(22)16(25)15(17)23;;/h1-6,25,27H,7H2;;. The zero-order valence-electron chi connectivity index (χ0n) is 16.3. The average molecular weight is 696 g/mol. The minimum Gasteiger partial charge on any atom is -0.505 e. The fourth-order valence-corrected chi connectivity index (χ4v) is 6.22. The maximum absolute atomic E-state index is 12.9. The van der Waals surface area contributed by atoms with Crippen molar-refractivity contribution in [3.63, 3.8) is 0 Å². The fourth-order valence-electron chi connectivity index (χ4n) is 3.99. The number of alkyl halides is 1. The zero-order chi connectivity index (χ0) is 20.7. The van der Waals surface area contributed by atoms with Gasteiger partial charge in [0.2, 0.25) is 0 Å². The first-order valence-electron chi connectivity index (χ1n) is 8.41. The minimum atomic E-state index is -1.30. The van der Waals surface area contributed by atoms with Crippen molar-refractivity contribution >= 4 is 129 Å². The molecular formula is C20H10Br4Na2O5. The molecule has 2 aromatic carbocycles. The van der Waals surface area contributed by atoms with E-state index >= 15 is 0 Å². The van der Waals surface area contributed by atoms with Crippen LogP contribution in [0.3, 0.4) is 0 Å². The summed E-state index contributed by atoms with van der Waals surface area (Å²) in [4.78, 5) is 12.9. The van der Waals surface area contributed by atoms with Gasteiger partial charge in [-0.25, -0.2) is 4.79 Å². The molecule has 1 spiro atoms. The molecule has 2 N–H and O–H groups in total. The van der Waals surface area contributed by atoms with Gasteiger partial charge in [0.15, 0.2) is 11.4 Å². The van der Waals surface area contributed by atoms with Crippen molar-refractivity contribution in [2.24, 2.45) is 0 Å². The topological polar surface area (TPSA) is 76.0 Å². The van der Waals surface area contributed by atoms with Gasteiger partial charge in [-0.1, -0.05) is 28.1 Å². The van der Waals surface area contributed by atoms with E-state index in [2.05, 4.69) is 63.7 Å². The van der Waals surface area contributed by atoms with Crippen molar-refractivity contribution in [3.05, 3.63) is 77.9 Å². The Kier molecular flexibility index (Phi) is 7.81. The maximum Gasteiger partial charge on any atom is 0.340 e. The van der Waals surface area contributed by atoms with Crippen LogP contribution in [0, 0.1) is 0 Å². The van der Waals surface area contributed by atoms with Crippen LogP contribution in [0.25, 0.3) is 0 Å². The summed E-state index contributed by atoms with van der Waals surface area (Å²) < 4.78 is 12.3. The Balaban J connectivity index is 0.00000136. The van der Waals surface area contributed by atoms with Gasteiger partial charge in [0, 0.05) is 81.1 Å². The molecule has 150 valence electrons. The molecule has 5 nitrogen and oxygen atoms in total. The maximum atomic E-state index is 12.9. The number of hydrogen-bond donors (Lipinski definition) is 2. The number of aromatic hydroxyl groups is 1. The molecule has 2 aliphatic heterocycles. The second-order valence-corrected chi connectivity index (χ2v) is 10.8. The average Bonchev–Trinajstić information content (AvgIpc) is 2.95. The molecular weight excluding hydrogens is 686 g/mol. The molecule has 2 unspecified atom stereocenters. The molecule has 2 aromatic rings. The quantitative estimate of drug-likeness (QED) is 0.230. The van der Waals surface area contributed by atoms with Crippen molar-refractivity contribution in [3.8, 4) is 11.5 Å². The zero-order valence-corrected chi connectivity index (χ0v) is 26.6. The summed E-state index contributed by atoms with van der Waals surface area (Å²) in [6, 6.07) is 7.01. The molecule has 31 heavy (non-hydrogen) atoms. The first kappa shape index (κ1) is 26.5. The van der Waals surface area contributed by atoms with E-state index in [1.54, 1.807) is 30.4 Å². The van der Waals surface area contributed by atoms with Gasteiger partial charge < -0.3 is 19.7 Å². The molecule has 3 aliphatic rings. The Morgan fingerprint density at radius 2 is 1.81 bits per heavy atom. The van der Waals surface area contributed by atoms with Crippen LogP contribution in [-0.4, -0.2) is 79.8 Å². The largest absolute Gasteiger partial charge is 0.505 e. The molecule has 2 heterocycles. The van der Waals surface area contributed by atoms with E-state index in [1.165, 1.54) is 0 Å². The number of esters is 1. The first-order valence-corrected chi connectivity index (χ1v) is 11.6. The van der Waals surface area contributed by atoms with Gasteiger partial charge in [0.1, 0.15) is 20.5 Å². The van der Waals surface area contributed by atoms with Crippen LogP contribution in [0.1, 0.15) is 27.9 Å². The smallest absolute Gasteiger partial charge is 0.340 e. The number of phenols is 1. The molecule has 0 bridgehead atoms. The van der Waals surface area contributed by atoms with E-state index in [0.717, 1.165) is 0 Å². The van der Waals surface area contributed by atoms with Gasteiger partial charge in [0.05, 0.1) is 15.6 Å². The van der Waals surface area contributed by atoms with Gasteiger partial charge in [-0.2, -0.15) is 0 Å². The normalized spacial score (nSPS) is 25.0. The van der Waals surface area contributed by atoms with E-state index in [4.69, 9.17) is 9.47 Å². The number of halogens is 4. The van der Waals surface area contributed by atoms with E-state index in [-0.39, 0.29) is 71.3 Å². The summed E-state index contributed by atoms with van der Waals surface area (Å²) in [5, 5.41) is 20.9. The summed E-state index contributed by atoms with van der Waals surface area (Å²) in [6.07, 6.45) is 3.41. The summed E-state index contributed by atoms with van der Waals surface area (Å²) in [5.74, 6) is 0.243.